The third-order valence-corrected chi connectivity index (χ3v) is 6.47. The number of carbonyl (C=O) groups is 2. The van der Waals surface area contributed by atoms with Gasteiger partial charge >= 0.3 is 6.09 Å². The molecule has 212 valence electrons. The molecular formula is C28H38N4O6S. The molecule has 0 fully saturated rings. The number of nitrogens with zero attached hydrogens (tertiary/aromatic N) is 3. The van der Waals surface area contributed by atoms with Crippen LogP contribution in [0, 0.1) is 0 Å². The predicted molar refractivity (Wildman–Crippen MR) is 150 cm³/mol. The van der Waals surface area contributed by atoms with E-state index in [1.165, 1.54) is 0 Å². The average molecular weight is 559 g/mol. The summed E-state index contributed by atoms with van der Waals surface area (Å²) in [6, 6.07) is 11.4. The smallest absolute Gasteiger partial charge is 0.405 e. The highest BCUT2D eigenvalue weighted by molar-refractivity contribution is 7.00. The van der Waals surface area contributed by atoms with Gasteiger partial charge in [-0.25, -0.2) is 4.79 Å². The molecule has 0 spiro atoms. The first-order valence-electron chi connectivity index (χ1n) is 13.0. The van der Waals surface area contributed by atoms with Crippen molar-refractivity contribution in [1.82, 2.24) is 19.0 Å². The largest absolute Gasteiger partial charge is 0.488 e. The van der Waals surface area contributed by atoms with E-state index in [-0.39, 0.29) is 18.6 Å². The molecule has 0 saturated heterocycles. The summed E-state index contributed by atoms with van der Waals surface area (Å²) in [7, 11) is 0. The first kappa shape index (κ1) is 30.3. The van der Waals surface area contributed by atoms with Crippen LogP contribution in [0.3, 0.4) is 0 Å². The summed E-state index contributed by atoms with van der Waals surface area (Å²) in [6.45, 7) is 12.4. The zero-order chi connectivity index (χ0) is 28.6. The average Bonchev–Trinajstić information content (AvgIpc) is 3.36. The second kappa shape index (κ2) is 13.7. The van der Waals surface area contributed by atoms with E-state index in [1.54, 1.807) is 4.90 Å². The summed E-state index contributed by atoms with van der Waals surface area (Å²) >= 11 is 1.10. The van der Waals surface area contributed by atoms with Gasteiger partial charge in [0.15, 0.2) is 6.29 Å². The van der Waals surface area contributed by atoms with Crippen LogP contribution in [-0.2, 0) is 27.2 Å². The lowest BCUT2D eigenvalue weighted by Gasteiger charge is -2.36. The number of hydrogen-bond acceptors (Lipinski definition) is 8. The SMILES string of the molecule is CCOC(OCC)[C@H](C)N(Cc1cccc2nsnc12)C(=O)[C@H](Cc1ccc(OC(C)(C)C)cc1)NC(=O)O. The van der Waals surface area contributed by atoms with Gasteiger partial charge in [0.05, 0.1) is 17.8 Å². The Morgan fingerprint density at radius 3 is 2.31 bits per heavy atom. The molecule has 1 aromatic heterocycles. The molecule has 11 heteroatoms. The van der Waals surface area contributed by atoms with Gasteiger partial charge in [-0.15, -0.1) is 0 Å². The third kappa shape index (κ3) is 8.61. The number of carboxylic acid groups (broad SMARTS) is 1. The lowest BCUT2D eigenvalue weighted by Crippen LogP contribution is -2.55. The van der Waals surface area contributed by atoms with Crippen molar-refractivity contribution in [3.63, 3.8) is 0 Å². The summed E-state index contributed by atoms with van der Waals surface area (Å²) in [5, 5.41) is 12.0. The van der Waals surface area contributed by atoms with Gasteiger partial charge in [-0.3, -0.25) is 4.79 Å². The fourth-order valence-corrected chi connectivity index (χ4v) is 4.80. The van der Waals surface area contributed by atoms with Crippen LogP contribution >= 0.6 is 11.7 Å². The van der Waals surface area contributed by atoms with Gasteiger partial charge < -0.3 is 29.5 Å². The predicted octanol–water partition coefficient (Wildman–Crippen LogP) is 4.86. The van der Waals surface area contributed by atoms with Gasteiger partial charge in [0.2, 0.25) is 5.91 Å². The van der Waals surface area contributed by atoms with Crippen LogP contribution in [0.4, 0.5) is 4.79 Å². The van der Waals surface area contributed by atoms with E-state index in [0.717, 1.165) is 28.4 Å². The molecule has 0 aliphatic carbocycles. The highest BCUT2D eigenvalue weighted by atomic mass is 32.1. The van der Waals surface area contributed by atoms with Crippen molar-refractivity contribution in [2.75, 3.05) is 13.2 Å². The first-order chi connectivity index (χ1) is 18.5. The molecule has 0 bridgehead atoms. The number of rotatable bonds is 13. The monoisotopic (exact) mass is 558 g/mol. The number of ether oxygens (including phenoxy) is 3. The highest BCUT2D eigenvalue weighted by Gasteiger charge is 2.34. The molecule has 0 saturated carbocycles. The van der Waals surface area contributed by atoms with Crippen molar-refractivity contribution in [3.8, 4) is 5.75 Å². The normalized spacial score (nSPS) is 13.3. The van der Waals surface area contributed by atoms with E-state index >= 15 is 0 Å². The molecule has 39 heavy (non-hydrogen) atoms. The molecule has 0 aliphatic rings. The molecule has 0 unspecified atom stereocenters. The molecule has 2 atom stereocenters. The van der Waals surface area contributed by atoms with Crippen molar-refractivity contribution >= 4 is 34.8 Å². The Morgan fingerprint density at radius 2 is 1.72 bits per heavy atom. The Kier molecular flexibility index (Phi) is 10.6. The van der Waals surface area contributed by atoms with E-state index in [1.807, 2.05) is 84.0 Å². The molecule has 3 aromatic rings. The number of fused-ring (bicyclic) bond motifs is 1. The van der Waals surface area contributed by atoms with Crippen LogP contribution in [0.1, 0.15) is 52.7 Å². The maximum atomic E-state index is 14.1. The van der Waals surface area contributed by atoms with Crippen molar-refractivity contribution in [2.24, 2.45) is 0 Å². The number of aromatic nitrogens is 2. The molecule has 2 amide bonds. The lowest BCUT2D eigenvalue weighted by molar-refractivity contribution is -0.179. The van der Waals surface area contributed by atoms with E-state index in [0.29, 0.717) is 24.5 Å². The van der Waals surface area contributed by atoms with Crippen LogP contribution in [-0.4, -0.2) is 67.9 Å². The van der Waals surface area contributed by atoms with E-state index < -0.39 is 30.4 Å². The summed E-state index contributed by atoms with van der Waals surface area (Å²) in [5.74, 6) is 0.293. The van der Waals surface area contributed by atoms with Crippen molar-refractivity contribution in [2.45, 2.75) is 78.5 Å². The lowest BCUT2D eigenvalue weighted by atomic mass is 10.0. The van der Waals surface area contributed by atoms with Crippen molar-refractivity contribution in [3.05, 3.63) is 53.6 Å². The van der Waals surface area contributed by atoms with E-state index in [9.17, 15) is 14.7 Å². The van der Waals surface area contributed by atoms with Gasteiger partial charge in [-0.05, 0) is 65.3 Å². The van der Waals surface area contributed by atoms with E-state index in [4.69, 9.17) is 14.2 Å². The standard InChI is InChI=1S/C28H38N4O6S/c1-7-36-26(37-8-2)18(3)32(17-20-10-9-11-22-24(20)31-39-30-22)25(33)23(29-27(34)35)16-19-12-14-21(15-13-19)38-28(4,5)6/h9-15,18,23,26,29H,7-8,16-17H2,1-6H3,(H,34,35)/t18-,23-/m0/s1. The fraction of sp³-hybridized carbons (Fsp3) is 0.500. The minimum Gasteiger partial charge on any atom is -0.488 e. The van der Waals surface area contributed by atoms with Crippen molar-refractivity contribution < 1.29 is 28.9 Å². The van der Waals surface area contributed by atoms with Crippen LogP contribution in [0.2, 0.25) is 0 Å². The summed E-state index contributed by atoms with van der Waals surface area (Å²) in [6.07, 6.45) is -1.83. The molecule has 2 N–H and O–H groups in total. The summed E-state index contributed by atoms with van der Waals surface area (Å²) < 4.78 is 26.3. The Morgan fingerprint density at radius 1 is 1.05 bits per heavy atom. The third-order valence-electron chi connectivity index (χ3n) is 5.92. The molecule has 0 aliphatic heterocycles. The Labute approximate surface area is 233 Å². The first-order valence-corrected chi connectivity index (χ1v) is 13.8. The van der Waals surface area contributed by atoms with Crippen molar-refractivity contribution in [1.29, 1.82) is 0 Å². The number of hydrogen-bond donors (Lipinski definition) is 2. The van der Waals surface area contributed by atoms with Crippen LogP contribution in [0.5, 0.6) is 5.75 Å². The Bertz CT molecular complexity index is 1220. The van der Waals surface area contributed by atoms with Gasteiger partial charge in [0, 0.05) is 31.7 Å². The summed E-state index contributed by atoms with van der Waals surface area (Å²) in [5.41, 5.74) is 2.67. The number of carbonyl (C=O) groups excluding carboxylic acids is 1. The minimum absolute atomic E-state index is 0.153. The molecular weight excluding hydrogens is 520 g/mol. The van der Waals surface area contributed by atoms with Crippen LogP contribution in [0.25, 0.3) is 11.0 Å². The zero-order valence-electron chi connectivity index (χ0n) is 23.3. The zero-order valence-corrected chi connectivity index (χ0v) is 24.2. The minimum atomic E-state index is -1.29. The van der Waals surface area contributed by atoms with Gasteiger partial charge in [0.1, 0.15) is 28.4 Å². The maximum absolute atomic E-state index is 14.1. The maximum Gasteiger partial charge on any atom is 0.405 e. The van der Waals surface area contributed by atoms with Gasteiger partial charge in [0.25, 0.3) is 0 Å². The van der Waals surface area contributed by atoms with Crippen LogP contribution < -0.4 is 10.1 Å². The van der Waals surface area contributed by atoms with Gasteiger partial charge in [-0.2, -0.15) is 8.75 Å². The number of nitrogens with one attached hydrogen (secondary N) is 1. The quantitative estimate of drug-likeness (QED) is 0.285. The number of amides is 2. The van der Waals surface area contributed by atoms with Gasteiger partial charge in [-0.1, -0.05) is 24.3 Å². The second-order valence-corrected chi connectivity index (χ2v) is 10.6. The number of benzene rings is 2. The second-order valence-electron chi connectivity index (χ2n) is 10.1. The summed E-state index contributed by atoms with van der Waals surface area (Å²) in [4.78, 5) is 27.5. The Balaban J connectivity index is 1.94. The highest BCUT2D eigenvalue weighted by Crippen LogP contribution is 2.23. The molecule has 0 radical (unpaired) electrons. The Hall–Kier alpha value is -3.28. The molecule has 3 rings (SSSR count). The van der Waals surface area contributed by atoms with Crippen LogP contribution in [0.15, 0.2) is 42.5 Å². The molecule has 1 heterocycles. The molecule has 10 nitrogen and oxygen atoms in total. The topological polar surface area (TPSA) is 123 Å². The fourth-order valence-electron chi connectivity index (χ4n) is 4.23. The van der Waals surface area contributed by atoms with E-state index in [2.05, 4.69) is 14.1 Å². The molecule has 2 aromatic carbocycles.